The third-order valence-corrected chi connectivity index (χ3v) is 4.91. The first-order valence-electron chi connectivity index (χ1n) is 8.91. The van der Waals surface area contributed by atoms with Crippen molar-refractivity contribution in [2.24, 2.45) is 5.92 Å². The Kier molecular flexibility index (Phi) is 5.02. The van der Waals surface area contributed by atoms with E-state index in [-0.39, 0.29) is 5.91 Å². The fraction of sp³-hybridized carbons (Fsp3) is 0.450. The van der Waals surface area contributed by atoms with Crippen molar-refractivity contribution in [1.29, 1.82) is 0 Å². The third kappa shape index (κ3) is 4.16. The van der Waals surface area contributed by atoms with Crippen molar-refractivity contribution >= 4 is 17.5 Å². The zero-order valence-corrected chi connectivity index (χ0v) is 15.5. The summed E-state index contributed by atoms with van der Waals surface area (Å²) in [6.45, 7) is 10.2. The van der Waals surface area contributed by atoms with Gasteiger partial charge < -0.3 is 10.2 Å². The maximum absolute atomic E-state index is 12.6. The van der Waals surface area contributed by atoms with E-state index < -0.39 is 0 Å². The minimum absolute atomic E-state index is 0.194. The second kappa shape index (κ2) is 7.21. The van der Waals surface area contributed by atoms with E-state index in [1.54, 1.807) is 6.07 Å². The molecular weight excluding hydrogens is 312 g/mol. The summed E-state index contributed by atoms with van der Waals surface area (Å²) in [5.41, 5.74) is 4.38. The number of hydrogen-bond donors (Lipinski definition) is 1. The molecule has 1 aliphatic heterocycles. The molecule has 0 aliphatic carbocycles. The van der Waals surface area contributed by atoms with Crippen LogP contribution in [0.1, 0.15) is 47.1 Å². The van der Waals surface area contributed by atoms with Crippen LogP contribution in [0.2, 0.25) is 0 Å². The number of hydrogen-bond acceptors (Lipinski definition) is 4. The Morgan fingerprint density at radius 3 is 2.48 bits per heavy atom. The summed E-state index contributed by atoms with van der Waals surface area (Å²) in [5, 5.41) is 2.94. The predicted octanol–water partition coefficient (Wildman–Crippen LogP) is 3.89. The molecule has 0 radical (unpaired) electrons. The van der Waals surface area contributed by atoms with Gasteiger partial charge in [0.1, 0.15) is 5.69 Å². The van der Waals surface area contributed by atoms with Crippen LogP contribution < -0.4 is 10.2 Å². The minimum atomic E-state index is -0.194. The molecule has 5 heteroatoms. The lowest BCUT2D eigenvalue weighted by atomic mass is 10.00. The van der Waals surface area contributed by atoms with Gasteiger partial charge in [-0.05, 0) is 68.9 Å². The van der Waals surface area contributed by atoms with Crippen molar-refractivity contribution in [1.82, 2.24) is 9.97 Å². The van der Waals surface area contributed by atoms with Crippen molar-refractivity contribution in [2.75, 3.05) is 23.3 Å². The Morgan fingerprint density at radius 1 is 1.08 bits per heavy atom. The highest BCUT2D eigenvalue weighted by Gasteiger charge is 2.20. The number of aryl methyl sites for hydroxylation is 3. The molecule has 0 spiro atoms. The first-order valence-corrected chi connectivity index (χ1v) is 8.91. The minimum Gasteiger partial charge on any atom is -0.341 e. The summed E-state index contributed by atoms with van der Waals surface area (Å²) in [7, 11) is 0. The molecule has 1 fully saturated rings. The maximum atomic E-state index is 12.6. The van der Waals surface area contributed by atoms with E-state index in [0.717, 1.165) is 48.8 Å². The van der Waals surface area contributed by atoms with Gasteiger partial charge in [0.05, 0.1) is 0 Å². The van der Waals surface area contributed by atoms with Gasteiger partial charge in [-0.15, -0.1) is 0 Å². The van der Waals surface area contributed by atoms with Crippen LogP contribution in [0.5, 0.6) is 0 Å². The number of nitrogens with zero attached hydrogens (tertiary/aromatic N) is 3. The summed E-state index contributed by atoms with van der Waals surface area (Å²) in [5.74, 6) is 1.21. The zero-order chi connectivity index (χ0) is 18.0. The van der Waals surface area contributed by atoms with Gasteiger partial charge in [0.15, 0.2) is 0 Å². The third-order valence-electron chi connectivity index (χ3n) is 4.91. The van der Waals surface area contributed by atoms with Gasteiger partial charge in [-0.3, -0.25) is 4.79 Å². The number of rotatable bonds is 3. The lowest BCUT2D eigenvalue weighted by molar-refractivity contribution is 0.102. The molecule has 25 heavy (non-hydrogen) atoms. The predicted molar refractivity (Wildman–Crippen MR) is 101 cm³/mol. The summed E-state index contributed by atoms with van der Waals surface area (Å²) in [4.78, 5) is 23.9. The molecular formula is C20H26N4O. The van der Waals surface area contributed by atoms with Crippen molar-refractivity contribution in [3.63, 3.8) is 0 Å². The van der Waals surface area contributed by atoms with Crippen LogP contribution in [0, 0.1) is 26.7 Å². The Hall–Kier alpha value is -2.43. The smallest absolute Gasteiger partial charge is 0.274 e. The highest BCUT2D eigenvalue weighted by molar-refractivity contribution is 6.03. The second-order valence-electron chi connectivity index (χ2n) is 7.12. The van der Waals surface area contributed by atoms with E-state index in [4.69, 9.17) is 0 Å². The molecule has 2 aromatic rings. The molecule has 0 bridgehead atoms. The van der Waals surface area contributed by atoms with Gasteiger partial charge in [0.2, 0.25) is 5.95 Å². The topological polar surface area (TPSA) is 58.1 Å². The van der Waals surface area contributed by atoms with Gasteiger partial charge in [0.25, 0.3) is 5.91 Å². The summed E-state index contributed by atoms with van der Waals surface area (Å²) in [6.07, 6.45) is 2.28. The summed E-state index contributed by atoms with van der Waals surface area (Å²) in [6, 6.07) is 7.65. The first kappa shape index (κ1) is 17.4. The number of aromatic nitrogens is 2. The zero-order valence-electron chi connectivity index (χ0n) is 15.5. The van der Waals surface area contributed by atoms with Crippen LogP contribution in [0.25, 0.3) is 0 Å². The first-order chi connectivity index (χ1) is 11.9. The van der Waals surface area contributed by atoms with Crippen LogP contribution in [-0.4, -0.2) is 29.0 Å². The Balaban J connectivity index is 1.79. The maximum Gasteiger partial charge on any atom is 0.274 e. The van der Waals surface area contributed by atoms with Gasteiger partial charge in [0, 0.05) is 24.5 Å². The molecule has 0 unspecified atom stereocenters. The molecule has 1 aliphatic rings. The molecule has 0 saturated carbocycles. The van der Waals surface area contributed by atoms with Crippen LogP contribution in [0.3, 0.4) is 0 Å². The van der Waals surface area contributed by atoms with E-state index in [0.29, 0.717) is 11.6 Å². The van der Waals surface area contributed by atoms with E-state index in [2.05, 4.69) is 34.0 Å². The molecule has 132 valence electrons. The molecule has 5 nitrogen and oxygen atoms in total. The Morgan fingerprint density at radius 2 is 1.80 bits per heavy atom. The van der Waals surface area contributed by atoms with Crippen molar-refractivity contribution in [2.45, 2.75) is 40.5 Å². The van der Waals surface area contributed by atoms with Crippen molar-refractivity contribution in [3.05, 3.63) is 46.8 Å². The number of amides is 1. The number of nitrogens with one attached hydrogen (secondary N) is 1. The molecule has 2 heterocycles. The molecule has 0 atom stereocenters. The number of piperidine rings is 1. The average molecular weight is 338 g/mol. The monoisotopic (exact) mass is 338 g/mol. The van der Waals surface area contributed by atoms with Gasteiger partial charge >= 0.3 is 0 Å². The molecule has 1 amide bonds. The van der Waals surface area contributed by atoms with Crippen LogP contribution in [0.15, 0.2) is 24.3 Å². The lowest BCUT2D eigenvalue weighted by Crippen LogP contribution is -2.34. The van der Waals surface area contributed by atoms with Crippen molar-refractivity contribution < 1.29 is 4.79 Å². The Bertz CT molecular complexity index is 779. The van der Waals surface area contributed by atoms with Crippen LogP contribution >= 0.6 is 0 Å². The van der Waals surface area contributed by atoms with E-state index in [1.807, 2.05) is 32.0 Å². The summed E-state index contributed by atoms with van der Waals surface area (Å²) < 4.78 is 0. The highest BCUT2D eigenvalue weighted by atomic mass is 16.1. The Labute approximate surface area is 149 Å². The van der Waals surface area contributed by atoms with Gasteiger partial charge in [-0.25, -0.2) is 9.97 Å². The standard InChI is InChI=1S/C20H26N4O/c1-13-7-9-24(10-8-13)20-21-16(4)12-18(23-20)19(25)22-17-6-5-14(2)15(3)11-17/h5-6,11-13H,7-10H2,1-4H3,(H,22,25). The lowest BCUT2D eigenvalue weighted by Gasteiger charge is -2.30. The SMILES string of the molecule is Cc1cc(C(=O)Nc2ccc(C)c(C)c2)nc(N2CCC(C)CC2)n1. The van der Waals surface area contributed by atoms with Crippen LogP contribution in [-0.2, 0) is 0 Å². The van der Waals surface area contributed by atoms with E-state index >= 15 is 0 Å². The molecule has 1 N–H and O–H groups in total. The molecule has 1 saturated heterocycles. The van der Waals surface area contributed by atoms with Crippen molar-refractivity contribution in [3.8, 4) is 0 Å². The van der Waals surface area contributed by atoms with E-state index in [1.165, 1.54) is 5.56 Å². The molecule has 1 aromatic heterocycles. The summed E-state index contributed by atoms with van der Waals surface area (Å²) >= 11 is 0. The average Bonchev–Trinajstić information content (AvgIpc) is 2.58. The van der Waals surface area contributed by atoms with Crippen LogP contribution in [0.4, 0.5) is 11.6 Å². The highest BCUT2D eigenvalue weighted by Crippen LogP contribution is 2.21. The molecule has 3 rings (SSSR count). The number of benzene rings is 1. The van der Waals surface area contributed by atoms with E-state index in [9.17, 15) is 4.79 Å². The number of carbonyl (C=O) groups excluding carboxylic acids is 1. The quantitative estimate of drug-likeness (QED) is 0.922. The fourth-order valence-electron chi connectivity index (χ4n) is 3.03. The normalized spacial score (nSPS) is 15.3. The number of anilines is 2. The molecule has 1 aromatic carbocycles. The van der Waals surface area contributed by atoms with Gasteiger partial charge in [-0.2, -0.15) is 0 Å². The fourth-order valence-corrected chi connectivity index (χ4v) is 3.03. The largest absolute Gasteiger partial charge is 0.341 e. The second-order valence-corrected chi connectivity index (χ2v) is 7.12. The van der Waals surface area contributed by atoms with Gasteiger partial charge in [-0.1, -0.05) is 13.0 Å². The number of carbonyl (C=O) groups is 1.